The lowest BCUT2D eigenvalue weighted by atomic mass is 10.1. The van der Waals surface area contributed by atoms with Crippen LogP contribution in [-0.4, -0.2) is 17.2 Å². The molecule has 1 saturated carbocycles. The third-order valence-corrected chi connectivity index (χ3v) is 2.96. The molecule has 1 aliphatic carbocycles. The Morgan fingerprint density at radius 1 is 1.37 bits per heavy atom. The van der Waals surface area contributed by atoms with E-state index in [1.807, 2.05) is 36.4 Å². The van der Waals surface area contributed by atoms with Gasteiger partial charge in [0, 0.05) is 17.7 Å². The highest BCUT2D eigenvalue weighted by atomic mass is 16.5. The van der Waals surface area contributed by atoms with Gasteiger partial charge in [-0.3, -0.25) is 0 Å². The zero-order valence-electron chi connectivity index (χ0n) is 10.5. The number of hydrogen-bond acceptors (Lipinski definition) is 3. The first kappa shape index (κ1) is 11.8. The molecule has 1 aromatic heterocycles. The summed E-state index contributed by atoms with van der Waals surface area (Å²) in [5.41, 5.74) is 7.61. The zero-order valence-corrected chi connectivity index (χ0v) is 10.5. The molecule has 3 N–H and O–H groups in total. The molecule has 0 atom stereocenters. The first-order valence-corrected chi connectivity index (χ1v) is 6.39. The molecule has 0 amide bonds. The predicted molar refractivity (Wildman–Crippen MR) is 73.4 cm³/mol. The standard InChI is InChI=1S/C14H16N4O/c15-14(17-11-6-7-11)16-9-12-8-13(18-19-12)10-4-2-1-3-5-10/h1-5,8,11H,6-7,9H2,(H3,15,16,17). The van der Waals surface area contributed by atoms with E-state index in [-0.39, 0.29) is 0 Å². The molecule has 5 nitrogen and oxygen atoms in total. The molecule has 0 saturated heterocycles. The largest absolute Gasteiger partial charge is 0.370 e. The van der Waals surface area contributed by atoms with Gasteiger partial charge >= 0.3 is 0 Å². The number of aliphatic imine (C=N–C) groups is 1. The van der Waals surface area contributed by atoms with Crippen LogP contribution >= 0.6 is 0 Å². The quantitative estimate of drug-likeness (QED) is 0.647. The van der Waals surface area contributed by atoms with Gasteiger partial charge in [0.05, 0.1) is 0 Å². The van der Waals surface area contributed by atoms with Gasteiger partial charge in [0.1, 0.15) is 12.2 Å². The monoisotopic (exact) mass is 256 g/mol. The van der Waals surface area contributed by atoms with Crippen molar-refractivity contribution in [3.63, 3.8) is 0 Å². The maximum atomic E-state index is 5.76. The highest BCUT2D eigenvalue weighted by Crippen LogP contribution is 2.19. The Hall–Kier alpha value is -2.30. The SMILES string of the molecule is NC(=NCc1cc(-c2ccccc2)no1)NC1CC1. The zero-order chi connectivity index (χ0) is 13.1. The average Bonchev–Trinajstić information content (AvgIpc) is 3.12. The van der Waals surface area contributed by atoms with E-state index in [1.165, 1.54) is 12.8 Å². The van der Waals surface area contributed by atoms with Crippen LogP contribution in [-0.2, 0) is 6.54 Å². The Morgan fingerprint density at radius 2 is 2.16 bits per heavy atom. The third kappa shape index (κ3) is 3.13. The minimum Gasteiger partial charge on any atom is -0.370 e. The van der Waals surface area contributed by atoms with Crippen molar-refractivity contribution < 1.29 is 4.52 Å². The molecule has 19 heavy (non-hydrogen) atoms. The number of guanidine groups is 1. The molecule has 3 rings (SSSR count). The topological polar surface area (TPSA) is 76.4 Å². The van der Waals surface area contributed by atoms with Crippen molar-refractivity contribution in [1.82, 2.24) is 10.5 Å². The van der Waals surface area contributed by atoms with Crippen molar-refractivity contribution in [2.45, 2.75) is 25.4 Å². The smallest absolute Gasteiger partial charge is 0.189 e. The number of aromatic nitrogens is 1. The molecule has 98 valence electrons. The minimum atomic E-state index is 0.408. The van der Waals surface area contributed by atoms with Crippen LogP contribution in [0.25, 0.3) is 11.3 Å². The molecule has 1 fully saturated rings. The van der Waals surface area contributed by atoms with Gasteiger partial charge in [-0.2, -0.15) is 0 Å². The van der Waals surface area contributed by atoms with Gasteiger partial charge in [-0.1, -0.05) is 35.5 Å². The number of hydrogen-bond donors (Lipinski definition) is 2. The molecule has 1 aromatic carbocycles. The molecule has 0 bridgehead atoms. The van der Waals surface area contributed by atoms with E-state index >= 15 is 0 Å². The normalized spacial score (nSPS) is 15.5. The summed E-state index contributed by atoms with van der Waals surface area (Å²) in [5, 5.41) is 7.16. The molecule has 0 aliphatic heterocycles. The summed E-state index contributed by atoms with van der Waals surface area (Å²) in [6.07, 6.45) is 2.35. The predicted octanol–water partition coefficient (Wildman–Crippen LogP) is 1.91. The molecular weight excluding hydrogens is 240 g/mol. The van der Waals surface area contributed by atoms with Crippen LogP contribution in [0.3, 0.4) is 0 Å². The van der Waals surface area contributed by atoms with Crippen molar-refractivity contribution in [2.24, 2.45) is 10.7 Å². The lowest BCUT2D eigenvalue weighted by Gasteiger charge is -2.00. The molecule has 2 aromatic rings. The lowest BCUT2D eigenvalue weighted by Crippen LogP contribution is -2.33. The van der Waals surface area contributed by atoms with E-state index < -0.39 is 0 Å². The van der Waals surface area contributed by atoms with Gasteiger partial charge < -0.3 is 15.6 Å². The van der Waals surface area contributed by atoms with E-state index in [1.54, 1.807) is 0 Å². The maximum absolute atomic E-state index is 5.76. The summed E-state index contributed by atoms with van der Waals surface area (Å²) in [4.78, 5) is 4.23. The summed E-state index contributed by atoms with van der Waals surface area (Å²) in [5.74, 6) is 1.18. The van der Waals surface area contributed by atoms with Crippen LogP contribution in [0.4, 0.5) is 0 Å². The fourth-order valence-corrected chi connectivity index (χ4v) is 1.78. The third-order valence-electron chi connectivity index (χ3n) is 2.96. The van der Waals surface area contributed by atoms with Crippen molar-refractivity contribution in [3.05, 3.63) is 42.2 Å². The van der Waals surface area contributed by atoms with Gasteiger partial charge in [0.15, 0.2) is 11.7 Å². The molecular formula is C14H16N4O. The Bertz CT molecular complexity index is 572. The van der Waals surface area contributed by atoms with Gasteiger partial charge in [0.2, 0.25) is 0 Å². The Kier molecular flexibility index (Phi) is 3.18. The Labute approximate surface area is 111 Å². The maximum Gasteiger partial charge on any atom is 0.189 e. The summed E-state index contributed by atoms with van der Waals surface area (Å²) < 4.78 is 5.25. The summed E-state index contributed by atoms with van der Waals surface area (Å²) in [6, 6.07) is 12.3. The summed E-state index contributed by atoms with van der Waals surface area (Å²) in [6.45, 7) is 0.408. The van der Waals surface area contributed by atoms with Gasteiger partial charge in [-0.25, -0.2) is 4.99 Å². The van der Waals surface area contributed by atoms with Crippen LogP contribution in [0.1, 0.15) is 18.6 Å². The Morgan fingerprint density at radius 3 is 2.89 bits per heavy atom. The molecule has 1 heterocycles. The lowest BCUT2D eigenvalue weighted by molar-refractivity contribution is 0.387. The van der Waals surface area contributed by atoms with E-state index in [2.05, 4.69) is 15.5 Å². The van der Waals surface area contributed by atoms with E-state index in [4.69, 9.17) is 10.3 Å². The first-order chi connectivity index (χ1) is 9.31. The highest BCUT2D eigenvalue weighted by Gasteiger charge is 2.21. The van der Waals surface area contributed by atoms with Crippen LogP contribution < -0.4 is 11.1 Å². The van der Waals surface area contributed by atoms with E-state index in [0.29, 0.717) is 24.3 Å². The first-order valence-electron chi connectivity index (χ1n) is 6.39. The molecule has 5 heteroatoms. The second kappa shape index (κ2) is 5.14. The summed E-state index contributed by atoms with van der Waals surface area (Å²) >= 11 is 0. The van der Waals surface area contributed by atoms with Crippen molar-refractivity contribution >= 4 is 5.96 Å². The molecule has 0 radical (unpaired) electrons. The van der Waals surface area contributed by atoms with Crippen LogP contribution in [0, 0.1) is 0 Å². The van der Waals surface area contributed by atoms with Gasteiger partial charge in [-0.05, 0) is 12.8 Å². The number of benzene rings is 1. The second-order valence-electron chi connectivity index (χ2n) is 4.66. The van der Waals surface area contributed by atoms with Crippen molar-refractivity contribution in [2.75, 3.05) is 0 Å². The average molecular weight is 256 g/mol. The second-order valence-corrected chi connectivity index (χ2v) is 4.66. The van der Waals surface area contributed by atoms with Crippen LogP contribution in [0.2, 0.25) is 0 Å². The summed E-state index contributed by atoms with van der Waals surface area (Å²) in [7, 11) is 0. The van der Waals surface area contributed by atoms with Crippen LogP contribution in [0.5, 0.6) is 0 Å². The number of rotatable bonds is 4. The number of nitrogens with zero attached hydrogens (tertiary/aromatic N) is 2. The minimum absolute atomic E-state index is 0.408. The van der Waals surface area contributed by atoms with E-state index in [9.17, 15) is 0 Å². The van der Waals surface area contributed by atoms with Crippen LogP contribution in [0.15, 0.2) is 45.9 Å². The highest BCUT2D eigenvalue weighted by molar-refractivity contribution is 5.78. The molecule has 0 spiro atoms. The number of nitrogens with one attached hydrogen (secondary N) is 1. The number of nitrogens with two attached hydrogens (primary N) is 1. The van der Waals surface area contributed by atoms with Crippen molar-refractivity contribution in [3.8, 4) is 11.3 Å². The Balaban J connectivity index is 1.64. The van der Waals surface area contributed by atoms with E-state index in [0.717, 1.165) is 11.3 Å². The molecule has 0 unspecified atom stereocenters. The fraction of sp³-hybridized carbons (Fsp3) is 0.286. The fourth-order valence-electron chi connectivity index (χ4n) is 1.78. The van der Waals surface area contributed by atoms with Gasteiger partial charge in [0.25, 0.3) is 0 Å². The van der Waals surface area contributed by atoms with Gasteiger partial charge in [-0.15, -0.1) is 0 Å². The van der Waals surface area contributed by atoms with Crippen molar-refractivity contribution in [1.29, 1.82) is 0 Å². The molecule has 1 aliphatic rings.